The van der Waals surface area contributed by atoms with E-state index >= 15 is 0 Å². The van der Waals surface area contributed by atoms with Gasteiger partial charge in [0, 0.05) is 49.7 Å². The largest absolute Gasteiger partial charge is 0.497 e. The van der Waals surface area contributed by atoms with Gasteiger partial charge in [0.25, 0.3) is 0 Å². The molecule has 1 amide bonds. The van der Waals surface area contributed by atoms with Crippen LogP contribution in [0.5, 0.6) is 5.75 Å². The molecule has 150 valence electrons. The van der Waals surface area contributed by atoms with Crippen LogP contribution in [0.1, 0.15) is 24.0 Å². The van der Waals surface area contributed by atoms with Crippen molar-refractivity contribution in [2.24, 2.45) is 0 Å². The van der Waals surface area contributed by atoms with Crippen LogP contribution in [0.3, 0.4) is 0 Å². The highest BCUT2D eigenvalue weighted by molar-refractivity contribution is 6.31. The zero-order valence-corrected chi connectivity index (χ0v) is 16.9. The normalized spacial score (nSPS) is 15.3. The molecule has 0 unspecified atom stereocenters. The minimum atomic E-state index is -0.274. The third-order valence-electron chi connectivity index (χ3n) is 5.17. The number of halogens is 2. The smallest absolute Gasteiger partial charge is 0.222 e. The molecule has 0 N–H and O–H groups in total. The van der Waals surface area contributed by atoms with Crippen molar-refractivity contribution in [3.8, 4) is 5.75 Å². The average Bonchev–Trinajstić information content (AvgIpc) is 2.95. The molecule has 0 spiro atoms. The number of methoxy groups -OCH3 is 1. The van der Waals surface area contributed by atoms with Crippen molar-refractivity contribution in [2.45, 2.75) is 25.8 Å². The highest BCUT2D eigenvalue weighted by Gasteiger charge is 2.20. The second-order valence-electron chi connectivity index (χ2n) is 7.06. The average molecular weight is 405 g/mol. The van der Waals surface area contributed by atoms with E-state index in [2.05, 4.69) is 4.90 Å². The number of carbonyl (C=O) groups excluding carboxylic acids is 1. The van der Waals surface area contributed by atoms with Crippen LogP contribution < -0.4 is 4.74 Å². The van der Waals surface area contributed by atoms with Gasteiger partial charge in [0.05, 0.1) is 7.11 Å². The first-order valence-corrected chi connectivity index (χ1v) is 10.0. The van der Waals surface area contributed by atoms with E-state index in [0.717, 1.165) is 37.4 Å². The van der Waals surface area contributed by atoms with E-state index in [0.29, 0.717) is 36.5 Å². The third kappa shape index (κ3) is 5.46. The van der Waals surface area contributed by atoms with E-state index in [1.165, 1.54) is 6.07 Å². The van der Waals surface area contributed by atoms with Gasteiger partial charge in [-0.25, -0.2) is 4.39 Å². The Hall–Kier alpha value is -2.11. The minimum Gasteiger partial charge on any atom is -0.497 e. The Morgan fingerprint density at radius 3 is 2.61 bits per heavy atom. The summed E-state index contributed by atoms with van der Waals surface area (Å²) in [5, 5.41) is 0.455. The molecule has 0 saturated carbocycles. The minimum absolute atomic E-state index is 0.168. The van der Waals surface area contributed by atoms with Crippen LogP contribution >= 0.6 is 11.6 Å². The topological polar surface area (TPSA) is 32.8 Å². The SMILES string of the molecule is COc1ccc(CCC(=O)N2CCCN(Cc3c(F)cccc3Cl)CC2)cc1. The van der Waals surface area contributed by atoms with Crippen molar-refractivity contribution in [1.29, 1.82) is 0 Å². The van der Waals surface area contributed by atoms with Crippen molar-refractivity contribution in [3.63, 3.8) is 0 Å². The molecule has 6 heteroatoms. The van der Waals surface area contributed by atoms with Gasteiger partial charge in [-0.15, -0.1) is 0 Å². The molecule has 0 bridgehead atoms. The number of aryl methyl sites for hydroxylation is 1. The van der Waals surface area contributed by atoms with Crippen molar-refractivity contribution in [1.82, 2.24) is 9.80 Å². The van der Waals surface area contributed by atoms with Crippen molar-refractivity contribution >= 4 is 17.5 Å². The van der Waals surface area contributed by atoms with Crippen LogP contribution in [0.15, 0.2) is 42.5 Å². The van der Waals surface area contributed by atoms with Gasteiger partial charge in [0.15, 0.2) is 0 Å². The van der Waals surface area contributed by atoms with Gasteiger partial charge in [0.1, 0.15) is 11.6 Å². The quantitative estimate of drug-likeness (QED) is 0.724. The van der Waals surface area contributed by atoms with Crippen LogP contribution in [-0.2, 0) is 17.8 Å². The number of hydrogen-bond acceptors (Lipinski definition) is 3. The Bertz CT molecular complexity index is 777. The predicted octanol–water partition coefficient (Wildman–Crippen LogP) is 4.15. The fourth-order valence-corrected chi connectivity index (χ4v) is 3.71. The molecular weight excluding hydrogens is 379 g/mol. The summed E-state index contributed by atoms with van der Waals surface area (Å²) in [7, 11) is 1.64. The van der Waals surface area contributed by atoms with E-state index in [4.69, 9.17) is 16.3 Å². The second-order valence-corrected chi connectivity index (χ2v) is 7.47. The molecule has 1 aliphatic heterocycles. The van der Waals surface area contributed by atoms with Crippen molar-refractivity contribution < 1.29 is 13.9 Å². The van der Waals surface area contributed by atoms with E-state index in [1.54, 1.807) is 19.2 Å². The third-order valence-corrected chi connectivity index (χ3v) is 5.53. The number of benzene rings is 2. The number of hydrogen-bond donors (Lipinski definition) is 0. The summed E-state index contributed by atoms with van der Waals surface area (Å²) in [6.07, 6.45) is 2.08. The standard InChI is InChI=1S/C22H26ClFN2O2/c1-28-18-9-6-17(7-10-18)8-11-22(27)26-13-3-12-25(14-15-26)16-19-20(23)4-2-5-21(19)24/h2,4-7,9-10H,3,8,11-16H2,1H3. The molecule has 1 aliphatic rings. The number of nitrogens with zero attached hydrogens (tertiary/aromatic N) is 2. The first-order valence-electron chi connectivity index (χ1n) is 9.63. The Morgan fingerprint density at radius 1 is 1.11 bits per heavy atom. The van der Waals surface area contributed by atoms with Gasteiger partial charge >= 0.3 is 0 Å². The molecule has 2 aromatic rings. The molecule has 2 aromatic carbocycles. The molecule has 1 heterocycles. The summed E-state index contributed by atoms with van der Waals surface area (Å²) < 4.78 is 19.2. The lowest BCUT2D eigenvalue weighted by Gasteiger charge is -2.22. The first-order chi connectivity index (χ1) is 13.6. The molecule has 0 aromatic heterocycles. The molecule has 28 heavy (non-hydrogen) atoms. The summed E-state index contributed by atoms with van der Waals surface area (Å²) >= 11 is 6.15. The van der Waals surface area contributed by atoms with Gasteiger partial charge in [0.2, 0.25) is 5.91 Å². The van der Waals surface area contributed by atoms with E-state index < -0.39 is 0 Å². The van der Waals surface area contributed by atoms with E-state index in [9.17, 15) is 9.18 Å². The Morgan fingerprint density at radius 2 is 1.89 bits per heavy atom. The summed E-state index contributed by atoms with van der Waals surface area (Å²) in [6, 6.07) is 12.6. The van der Waals surface area contributed by atoms with Gasteiger partial charge in [-0.2, -0.15) is 0 Å². The number of rotatable bonds is 6. The van der Waals surface area contributed by atoms with Crippen molar-refractivity contribution in [2.75, 3.05) is 33.3 Å². The van der Waals surface area contributed by atoms with Gasteiger partial charge in [-0.3, -0.25) is 9.69 Å². The lowest BCUT2D eigenvalue weighted by atomic mass is 10.1. The lowest BCUT2D eigenvalue weighted by Crippen LogP contribution is -2.35. The van der Waals surface area contributed by atoms with Gasteiger partial charge in [-0.1, -0.05) is 29.8 Å². The predicted molar refractivity (Wildman–Crippen MR) is 109 cm³/mol. The van der Waals surface area contributed by atoms with Crippen LogP contribution in [0.2, 0.25) is 5.02 Å². The molecule has 0 aliphatic carbocycles. The first kappa shape index (κ1) is 20.6. The molecule has 0 atom stereocenters. The van der Waals surface area contributed by atoms with Crippen LogP contribution in [0.25, 0.3) is 0 Å². The summed E-state index contributed by atoms with van der Waals surface area (Å²) in [5.74, 6) is 0.711. The molecule has 3 rings (SSSR count). The van der Waals surface area contributed by atoms with Crippen LogP contribution in [-0.4, -0.2) is 49.0 Å². The highest BCUT2D eigenvalue weighted by atomic mass is 35.5. The fourth-order valence-electron chi connectivity index (χ4n) is 3.49. The number of ether oxygens (including phenoxy) is 1. The molecule has 1 fully saturated rings. The summed E-state index contributed by atoms with van der Waals surface area (Å²) in [4.78, 5) is 16.7. The maximum absolute atomic E-state index is 14.0. The Labute approximate surface area is 170 Å². The van der Waals surface area contributed by atoms with E-state index in [1.807, 2.05) is 29.2 Å². The fraction of sp³-hybridized carbons (Fsp3) is 0.409. The lowest BCUT2D eigenvalue weighted by molar-refractivity contribution is -0.131. The zero-order valence-electron chi connectivity index (χ0n) is 16.2. The summed E-state index contributed by atoms with van der Waals surface area (Å²) in [5.41, 5.74) is 1.66. The van der Waals surface area contributed by atoms with E-state index in [-0.39, 0.29) is 11.7 Å². The van der Waals surface area contributed by atoms with Crippen molar-refractivity contribution in [3.05, 3.63) is 64.4 Å². The Kier molecular flexibility index (Phi) is 7.29. The summed E-state index contributed by atoms with van der Waals surface area (Å²) in [6.45, 7) is 3.42. The maximum Gasteiger partial charge on any atom is 0.222 e. The molecule has 4 nitrogen and oxygen atoms in total. The monoisotopic (exact) mass is 404 g/mol. The van der Waals surface area contributed by atoms with Crippen LogP contribution in [0.4, 0.5) is 4.39 Å². The zero-order chi connectivity index (χ0) is 19.9. The highest BCUT2D eigenvalue weighted by Crippen LogP contribution is 2.21. The molecule has 1 saturated heterocycles. The number of carbonyl (C=O) groups is 1. The molecular formula is C22H26ClFN2O2. The van der Waals surface area contributed by atoms with Crippen LogP contribution in [0, 0.1) is 5.82 Å². The number of amides is 1. The Balaban J connectivity index is 1.50. The maximum atomic E-state index is 14.0. The van der Waals surface area contributed by atoms with Gasteiger partial charge < -0.3 is 9.64 Å². The molecule has 0 radical (unpaired) electrons. The van der Waals surface area contributed by atoms with Gasteiger partial charge in [-0.05, 0) is 42.7 Å². The second kappa shape index (κ2) is 9.89.